The highest BCUT2D eigenvalue weighted by molar-refractivity contribution is 5.98. The molecule has 22 heteroatoms. The Kier molecular flexibility index (Phi) is 37.8. The summed E-state index contributed by atoms with van der Waals surface area (Å²) in [7, 11) is 6.62. The number of hydrogen-bond acceptors (Lipinski definition) is 15. The van der Waals surface area contributed by atoms with Crippen molar-refractivity contribution in [1.82, 2.24) is 25.3 Å². The molecular formula is C71H116N8O14. The lowest BCUT2D eigenvalue weighted by molar-refractivity contribution is -0.147. The summed E-state index contributed by atoms with van der Waals surface area (Å²) in [4.78, 5) is 134. The third kappa shape index (κ3) is 27.3. The molecule has 0 bridgehead atoms. The van der Waals surface area contributed by atoms with E-state index in [-0.39, 0.29) is 152 Å². The number of anilines is 1. The molecule has 12 atom stereocenters. The maximum absolute atomic E-state index is 14.1. The van der Waals surface area contributed by atoms with Gasteiger partial charge in [-0.1, -0.05) is 119 Å². The number of aliphatic hydroxyl groups is 1. The molecule has 1 fully saturated rings. The number of amides is 7. The van der Waals surface area contributed by atoms with Crippen molar-refractivity contribution >= 4 is 64.4 Å². The van der Waals surface area contributed by atoms with Gasteiger partial charge < -0.3 is 61.4 Å². The summed E-state index contributed by atoms with van der Waals surface area (Å²) < 4.78 is 17.3. The predicted molar refractivity (Wildman–Crippen MR) is 361 cm³/mol. The van der Waals surface area contributed by atoms with Crippen LogP contribution in [0.25, 0.3) is 0 Å². The molecule has 2 aromatic rings. The van der Waals surface area contributed by atoms with Gasteiger partial charge in [-0.2, -0.15) is 0 Å². The Labute approximate surface area is 554 Å². The minimum atomic E-state index is -0.826. The fourth-order valence-corrected chi connectivity index (χ4v) is 12.5. The normalized spacial score (nSPS) is 16.6. The van der Waals surface area contributed by atoms with E-state index >= 15 is 0 Å². The molecule has 1 unspecified atom stereocenters. The summed E-state index contributed by atoms with van der Waals surface area (Å²) >= 11 is 0. The smallest absolute Gasteiger partial charge is 0.312 e. The van der Waals surface area contributed by atoms with E-state index in [9.17, 15) is 53.1 Å². The minimum Gasteiger partial charge on any atom is -0.484 e. The van der Waals surface area contributed by atoms with Crippen LogP contribution < -0.4 is 32.2 Å². The van der Waals surface area contributed by atoms with Crippen LogP contribution >= 0.6 is 0 Å². The highest BCUT2D eigenvalue weighted by atomic mass is 16.5. The number of rotatable bonds is 42. The number of ketones is 4. The number of urea groups is 1. The average molecular weight is 1310 g/mol. The number of nitrogens with two attached hydrogens (primary N) is 2. The van der Waals surface area contributed by atoms with Gasteiger partial charge in [-0.15, -0.1) is 0 Å². The Morgan fingerprint density at radius 1 is 0.720 bits per heavy atom. The topological polar surface area (TPSA) is 316 Å². The van der Waals surface area contributed by atoms with E-state index in [1.54, 1.807) is 64.4 Å². The van der Waals surface area contributed by atoms with Gasteiger partial charge in [-0.3, -0.25) is 43.2 Å². The molecule has 3 rings (SSSR count). The first kappa shape index (κ1) is 82.5. The summed E-state index contributed by atoms with van der Waals surface area (Å²) in [5.41, 5.74) is 11.8. The molecule has 93 heavy (non-hydrogen) atoms. The number of hydrogen-bond donors (Lipinski definition) is 6. The number of carbonyl (C=O) groups is 10. The van der Waals surface area contributed by atoms with Gasteiger partial charge in [0.2, 0.25) is 23.6 Å². The van der Waals surface area contributed by atoms with Crippen molar-refractivity contribution in [2.75, 3.05) is 59.9 Å². The first-order valence-electron chi connectivity index (χ1n) is 33.6. The van der Waals surface area contributed by atoms with Crippen LogP contribution in [0.4, 0.5) is 10.5 Å². The Morgan fingerprint density at radius 3 is 1.89 bits per heavy atom. The number of Topliss-reactive ketones (excluding diaryl/α,β-unsaturated/α-hetero) is 4. The molecule has 8 N–H and O–H groups in total. The standard InChI is InChI=1S/C50H85N7O10.C21H31NO4/c1-13-34(9)47(42(14-2)66-12)57(11)49(64)39(31(3)4)28-41(60)46(33(7)8)56(10)44(62)30-67-38-24-22-36(23-25-38)54-48(63)35(19-18-26-53-50(52)65)27-40(59)45(32(5)6)55-43(61)21-17-15-16-20-37(58)29-51;1-14(20(25)17-9-6-5-7-10-17)13-19(24)15(2)21(26-4)18-11-8-12-22(18)16(3)23/h22-25,31-35,39,42,45-47H,13-21,26-30,51H2,1-12H3,(H,54,63)(H,55,61)(H3,52,53,65);5-7,9-10,14-15,18,20-21,25H,8,11-13H2,1-4H3/t34-,35+,39-,42+,45-,46?,47-;14-,15-,18-,20+,21+/m00/s1. The van der Waals surface area contributed by atoms with Crippen molar-refractivity contribution in [3.05, 3.63) is 60.2 Å². The third-order valence-electron chi connectivity index (χ3n) is 18.2. The van der Waals surface area contributed by atoms with Gasteiger partial charge in [-0.25, -0.2) is 4.79 Å². The van der Waals surface area contributed by atoms with E-state index in [4.69, 9.17) is 25.7 Å². The van der Waals surface area contributed by atoms with Crippen molar-refractivity contribution in [2.45, 2.75) is 215 Å². The molecule has 22 nitrogen and oxygen atoms in total. The number of likely N-dealkylation sites (N-methyl/N-ethyl adjacent to an activating group) is 2. The number of carbonyl (C=O) groups excluding carboxylic acids is 10. The number of likely N-dealkylation sites (tertiary alicyclic amines) is 1. The quantitative estimate of drug-likeness (QED) is 0.0339. The number of unbranched alkanes of at least 4 members (excludes halogenated alkanes) is 2. The van der Waals surface area contributed by atoms with E-state index in [0.717, 1.165) is 37.8 Å². The van der Waals surface area contributed by atoms with Gasteiger partial charge in [0.05, 0.1) is 49.0 Å². The highest BCUT2D eigenvalue weighted by Crippen LogP contribution is 2.32. The van der Waals surface area contributed by atoms with Crippen LogP contribution in [0.5, 0.6) is 5.75 Å². The van der Waals surface area contributed by atoms with Crippen LogP contribution in [-0.2, 0) is 52.6 Å². The third-order valence-corrected chi connectivity index (χ3v) is 18.2. The number of nitrogens with one attached hydrogen (secondary N) is 3. The van der Waals surface area contributed by atoms with Gasteiger partial charge in [-0.05, 0) is 104 Å². The molecule has 0 radical (unpaired) electrons. The van der Waals surface area contributed by atoms with Gasteiger partial charge >= 0.3 is 6.03 Å². The van der Waals surface area contributed by atoms with Gasteiger partial charge in [0.15, 0.2) is 18.2 Å². The summed E-state index contributed by atoms with van der Waals surface area (Å²) in [5.74, 6) is -3.75. The molecule has 0 spiro atoms. The fraction of sp³-hybridized carbons (Fsp3) is 0.690. The largest absolute Gasteiger partial charge is 0.484 e. The number of methoxy groups -OCH3 is 2. The monoisotopic (exact) mass is 1300 g/mol. The zero-order chi connectivity index (χ0) is 70.2. The maximum atomic E-state index is 14.1. The number of primary amides is 1. The molecule has 1 aliphatic heterocycles. The number of benzene rings is 2. The predicted octanol–water partition coefficient (Wildman–Crippen LogP) is 8.64. The SMILES string of the molecule is CC[C@H](C)[C@@H]([C@@H](CC)OC)N(C)C(=O)[C@@H](CC(=O)C(C(C)C)N(C)C(=O)COc1ccc(NC(=O)[C@H](CCCNC(N)=O)CC(=O)[C@@H](NC(=O)CCCCCC(=O)CN)C(C)C)cc1)C(C)C.CO[C@H]([C@@H](C)C(=O)C[C@H](C)[C@@H](O)c1ccccc1)[C@@H]1CCCN1C(C)=O. The molecule has 1 saturated heterocycles. The number of nitrogens with zero attached hydrogens (tertiary/aromatic N) is 3. The van der Waals surface area contributed by atoms with Crippen LogP contribution in [0.2, 0.25) is 0 Å². The van der Waals surface area contributed by atoms with E-state index in [0.29, 0.717) is 43.5 Å². The van der Waals surface area contributed by atoms with Crippen molar-refractivity contribution in [2.24, 2.45) is 58.8 Å². The van der Waals surface area contributed by atoms with Gasteiger partial charge in [0.25, 0.3) is 5.91 Å². The summed E-state index contributed by atoms with van der Waals surface area (Å²) in [6, 6.07) is 13.2. The molecular weight excluding hydrogens is 1190 g/mol. The summed E-state index contributed by atoms with van der Waals surface area (Å²) in [6.07, 6.45) is 5.35. The lowest BCUT2D eigenvalue weighted by atomic mass is 9.83. The van der Waals surface area contributed by atoms with Crippen molar-refractivity contribution < 1.29 is 67.3 Å². The number of aliphatic hydroxyl groups excluding tert-OH is 1. The second kappa shape index (κ2) is 42.7. The van der Waals surface area contributed by atoms with Crippen LogP contribution in [-0.4, -0.2) is 169 Å². The lowest BCUT2D eigenvalue weighted by Crippen LogP contribution is -2.52. The second-order valence-corrected chi connectivity index (χ2v) is 26.3. The Bertz CT molecular complexity index is 2650. The van der Waals surface area contributed by atoms with Crippen molar-refractivity contribution in [3.63, 3.8) is 0 Å². The van der Waals surface area contributed by atoms with E-state index in [2.05, 4.69) is 29.8 Å². The Balaban J connectivity index is 0.000000934. The van der Waals surface area contributed by atoms with Crippen molar-refractivity contribution in [1.29, 1.82) is 0 Å². The van der Waals surface area contributed by atoms with Crippen molar-refractivity contribution in [3.8, 4) is 5.75 Å². The summed E-state index contributed by atoms with van der Waals surface area (Å²) in [6.45, 7) is 23.3. The van der Waals surface area contributed by atoms with Crippen LogP contribution in [0.15, 0.2) is 54.6 Å². The second-order valence-electron chi connectivity index (χ2n) is 26.3. The zero-order valence-corrected chi connectivity index (χ0v) is 58.8. The van der Waals surface area contributed by atoms with Crippen LogP contribution in [0, 0.1) is 47.3 Å². The van der Waals surface area contributed by atoms with E-state index in [1.165, 1.54) is 4.90 Å². The van der Waals surface area contributed by atoms with Crippen LogP contribution in [0.3, 0.4) is 0 Å². The molecule has 2 aromatic carbocycles. The molecule has 1 aliphatic rings. The number of ether oxygens (including phenoxy) is 3. The average Bonchev–Trinajstić information content (AvgIpc) is 1.79. The van der Waals surface area contributed by atoms with Gasteiger partial charge in [0.1, 0.15) is 17.3 Å². The molecule has 0 aromatic heterocycles. The van der Waals surface area contributed by atoms with Gasteiger partial charge in [0, 0.05) is 104 Å². The first-order valence-corrected chi connectivity index (χ1v) is 33.6. The highest BCUT2D eigenvalue weighted by Gasteiger charge is 2.41. The maximum Gasteiger partial charge on any atom is 0.312 e. The molecule has 1 heterocycles. The Hall–Kier alpha value is -6.62. The van der Waals surface area contributed by atoms with E-state index < -0.39 is 47.9 Å². The Morgan fingerprint density at radius 2 is 1.35 bits per heavy atom. The zero-order valence-electron chi connectivity index (χ0n) is 58.8. The van der Waals surface area contributed by atoms with E-state index in [1.807, 2.05) is 97.5 Å². The molecule has 0 saturated carbocycles. The minimum absolute atomic E-state index is 0.00547. The first-order chi connectivity index (χ1) is 43.9. The van der Waals surface area contributed by atoms with Crippen LogP contribution in [0.1, 0.15) is 185 Å². The molecule has 0 aliphatic carbocycles. The lowest BCUT2D eigenvalue weighted by Gasteiger charge is -2.40. The molecule has 7 amide bonds. The molecule has 524 valence electrons. The summed E-state index contributed by atoms with van der Waals surface area (Å²) in [5, 5.41) is 18.7. The fourth-order valence-electron chi connectivity index (χ4n) is 12.5.